The average molecular weight is 466 g/mol. The maximum Gasteiger partial charge on any atom is 0.508 e. The van der Waals surface area contributed by atoms with Gasteiger partial charge in [-0.3, -0.25) is 0 Å². The molecule has 0 spiro atoms. The number of carbonyl (C=O) groups excluding carboxylic acids is 1. The first kappa shape index (κ1) is 28.1. The number of aliphatic imine (C=N–C) groups is 1. The minimum Gasteiger partial charge on any atom is -0.434 e. The van der Waals surface area contributed by atoms with Gasteiger partial charge in [0.2, 0.25) is 0 Å². The van der Waals surface area contributed by atoms with Crippen LogP contribution in [0.25, 0.3) is 0 Å². The first-order chi connectivity index (χ1) is 15.5. The van der Waals surface area contributed by atoms with E-state index >= 15 is 0 Å². The zero-order valence-electron chi connectivity index (χ0n) is 19.6. The van der Waals surface area contributed by atoms with E-state index in [0.29, 0.717) is 25.1 Å². The van der Waals surface area contributed by atoms with E-state index in [1.165, 1.54) is 20.2 Å². The average Bonchev–Trinajstić information content (AvgIpc) is 3.17. The third-order valence-electron chi connectivity index (χ3n) is 4.43. The van der Waals surface area contributed by atoms with Crippen LogP contribution in [0.3, 0.4) is 0 Å². The van der Waals surface area contributed by atoms with Crippen molar-refractivity contribution in [3.63, 3.8) is 0 Å². The van der Waals surface area contributed by atoms with Gasteiger partial charge in [0.15, 0.2) is 23.5 Å². The van der Waals surface area contributed by atoms with Crippen molar-refractivity contribution in [2.24, 2.45) is 15.8 Å². The Labute approximate surface area is 194 Å². The largest absolute Gasteiger partial charge is 0.508 e. The second-order valence-corrected chi connectivity index (χ2v) is 8.04. The summed E-state index contributed by atoms with van der Waals surface area (Å²) in [6.07, 6.45) is 8.09. The maximum atomic E-state index is 11.8. The number of unbranched alkanes of at least 4 members (excludes halogenated alkanes) is 3. The summed E-state index contributed by atoms with van der Waals surface area (Å²) >= 11 is 0. The van der Waals surface area contributed by atoms with Gasteiger partial charge in [0.05, 0.1) is 6.61 Å². The molecule has 2 aliphatic heterocycles. The van der Waals surface area contributed by atoms with Crippen LogP contribution in [0.1, 0.15) is 59.3 Å². The standard InChI is InChI=1S/C19H27N5O4.C3H8O2/c1-3-5-6-7-11-26-18(25)27-13-19(12-20)10-9-16(28-19)24-15(8-4-2)17(21)22-14-23-24;1-3(2,4)5/h4,8,14,16H,2-3,5-7,9-11,13H2,1H3,(H2,21,22,23);4-5H,1-2H3/b15-8-;/t16-,19?;/m1./s1. The van der Waals surface area contributed by atoms with Gasteiger partial charge in [-0.25, -0.2) is 14.8 Å². The van der Waals surface area contributed by atoms with Crippen LogP contribution in [0.5, 0.6) is 0 Å². The third-order valence-corrected chi connectivity index (χ3v) is 4.43. The Morgan fingerprint density at radius 3 is 2.76 bits per heavy atom. The Hall–Kier alpha value is -2.94. The molecule has 0 aliphatic carbocycles. The minimum atomic E-state index is -1.50. The van der Waals surface area contributed by atoms with Crippen LogP contribution < -0.4 is 5.73 Å². The number of ether oxygens (including phenoxy) is 3. The van der Waals surface area contributed by atoms with Crippen molar-refractivity contribution in [1.82, 2.24) is 5.01 Å². The zero-order valence-corrected chi connectivity index (χ0v) is 19.6. The summed E-state index contributed by atoms with van der Waals surface area (Å²) in [7, 11) is 0. The van der Waals surface area contributed by atoms with Gasteiger partial charge < -0.3 is 30.2 Å². The number of allylic oxidation sites excluding steroid dienone is 2. The molecule has 33 heavy (non-hydrogen) atoms. The van der Waals surface area contributed by atoms with Crippen LogP contribution in [0.4, 0.5) is 4.79 Å². The Bertz CT molecular complexity index is 777. The molecule has 11 heteroatoms. The van der Waals surface area contributed by atoms with Gasteiger partial charge in [-0.2, -0.15) is 10.4 Å². The molecule has 0 saturated carbocycles. The number of nitriles is 1. The normalized spacial score (nSPS) is 23.3. The second kappa shape index (κ2) is 13.6. The molecular weight excluding hydrogens is 430 g/mol. The molecule has 0 aromatic carbocycles. The molecule has 2 aliphatic rings. The van der Waals surface area contributed by atoms with E-state index in [1.807, 2.05) is 0 Å². The first-order valence-electron chi connectivity index (χ1n) is 10.9. The molecule has 0 amide bonds. The monoisotopic (exact) mass is 465 g/mol. The molecule has 0 radical (unpaired) electrons. The van der Waals surface area contributed by atoms with Crippen molar-refractivity contribution >= 4 is 18.3 Å². The summed E-state index contributed by atoms with van der Waals surface area (Å²) in [5.74, 6) is -1.23. The zero-order chi connectivity index (χ0) is 24.9. The summed E-state index contributed by atoms with van der Waals surface area (Å²) in [6, 6.07) is 2.11. The van der Waals surface area contributed by atoms with Crippen LogP contribution in [0.2, 0.25) is 0 Å². The number of hydrogen-bond donors (Lipinski definition) is 3. The number of hydrazone groups is 1. The van der Waals surface area contributed by atoms with Crippen molar-refractivity contribution in [3.8, 4) is 6.07 Å². The van der Waals surface area contributed by atoms with Gasteiger partial charge in [-0.15, -0.1) is 0 Å². The highest BCUT2D eigenvalue weighted by atomic mass is 16.7. The lowest BCUT2D eigenvalue weighted by molar-refractivity contribution is -0.127. The number of rotatable bonds is 9. The van der Waals surface area contributed by atoms with Crippen molar-refractivity contribution < 1.29 is 29.2 Å². The molecule has 1 saturated heterocycles. The smallest absolute Gasteiger partial charge is 0.434 e. The fourth-order valence-corrected chi connectivity index (χ4v) is 2.92. The molecule has 0 aromatic heterocycles. The Morgan fingerprint density at radius 1 is 1.45 bits per heavy atom. The Balaban J connectivity index is 0.000000981. The quantitative estimate of drug-likeness (QED) is 0.264. The van der Waals surface area contributed by atoms with Gasteiger partial charge >= 0.3 is 6.16 Å². The molecular formula is C22H35N5O6. The van der Waals surface area contributed by atoms with Crippen molar-refractivity contribution in [2.45, 2.75) is 76.9 Å². The molecule has 2 rings (SSSR count). The topological polar surface area (TPSA) is 163 Å². The number of amidine groups is 1. The van der Waals surface area contributed by atoms with E-state index in [9.17, 15) is 10.1 Å². The number of aliphatic hydroxyl groups is 2. The summed E-state index contributed by atoms with van der Waals surface area (Å²) in [5, 5.41) is 31.5. The molecule has 2 heterocycles. The molecule has 1 fully saturated rings. The maximum absolute atomic E-state index is 11.8. The van der Waals surface area contributed by atoms with E-state index < -0.39 is 23.8 Å². The molecule has 1 unspecified atom stereocenters. The van der Waals surface area contributed by atoms with E-state index in [0.717, 1.165) is 25.7 Å². The molecule has 0 bridgehead atoms. The van der Waals surface area contributed by atoms with E-state index in [1.54, 1.807) is 17.2 Å². The van der Waals surface area contributed by atoms with Gasteiger partial charge in [-0.1, -0.05) is 38.8 Å². The lowest BCUT2D eigenvalue weighted by Crippen LogP contribution is -2.41. The van der Waals surface area contributed by atoms with Crippen molar-refractivity contribution in [3.05, 3.63) is 24.4 Å². The highest BCUT2D eigenvalue weighted by molar-refractivity contribution is 6.01. The van der Waals surface area contributed by atoms with Crippen molar-refractivity contribution in [1.29, 1.82) is 5.26 Å². The van der Waals surface area contributed by atoms with Crippen molar-refractivity contribution in [2.75, 3.05) is 13.2 Å². The van der Waals surface area contributed by atoms with Gasteiger partial charge in [0, 0.05) is 0 Å². The first-order valence-corrected chi connectivity index (χ1v) is 10.9. The number of nitrogens with zero attached hydrogens (tertiary/aromatic N) is 4. The van der Waals surface area contributed by atoms with E-state index in [4.69, 9.17) is 30.2 Å². The molecule has 11 nitrogen and oxygen atoms in total. The number of carbonyl (C=O) groups is 1. The lowest BCUT2D eigenvalue weighted by Gasteiger charge is -2.30. The summed E-state index contributed by atoms with van der Waals surface area (Å²) in [6.45, 7) is 8.45. The summed E-state index contributed by atoms with van der Waals surface area (Å²) in [4.78, 5) is 15.7. The van der Waals surface area contributed by atoms with Gasteiger partial charge in [-0.05, 0) is 39.2 Å². The molecule has 0 aromatic rings. The number of nitrogens with two attached hydrogens (primary N) is 1. The highest BCUT2D eigenvalue weighted by Gasteiger charge is 2.45. The Morgan fingerprint density at radius 2 is 2.15 bits per heavy atom. The predicted octanol–water partition coefficient (Wildman–Crippen LogP) is 2.51. The van der Waals surface area contributed by atoms with E-state index in [2.05, 4.69) is 29.7 Å². The molecule has 2 atom stereocenters. The van der Waals surface area contributed by atoms with Gasteiger partial charge in [0.25, 0.3) is 0 Å². The minimum absolute atomic E-state index is 0.213. The fourth-order valence-electron chi connectivity index (χ4n) is 2.92. The third kappa shape index (κ3) is 10.5. The highest BCUT2D eigenvalue weighted by Crippen LogP contribution is 2.34. The van der Waals surface area contributed by atoms with E-state index in [-0.39, 0.29) is 12.4 Å². The molecule has 4 N–H and O–H groups in total. The van der Waals surface area contributed by atoms with Crippen LogP contribution in [0.15, 0.2) is 34.5 Å². The Kier molecular flexibility index (Phi) is 11.6. The fraction of sp³-hybridized carbons (Fsp3) is 0.636. The van der Waals surface area contributed by atoms with Crippen LogP contribution in [-0.2, 0) is 14.2 Å². The van der Waals surface area contributed by atoms with Crippen LogP contribution in [-0.4, -0.2) is 64.4 Å². The second-order valence-electron chi connectivity index (χ2n) is 8.04. The van der Waals surface area contributed by atoms with Gasteiger partial charge in [0.1, 0.15) is 24.7 Å². The predicted molar refractivity (Wildman–Crippen MR) is 123 cm³/mol. The SMILES string of the molecule is C=C/C=C1/C(N)=NC=NN1[C@H]1CCC(C#N)(COC(=O)OCCCCCC)O1.CC(C)(O)O. The van der Waals surface area contributed by atoms with Crippen LogP contribution in [0, 0.1) is 11.3 Å². The lowest BCUT2D eigenvalue weighted by atomic mass is 10.0. The molecule has 184 valence electrons. The number of hydrogen-bond acceptors (Lipinski definition) is 11. The summed E-state index contributed by atoms with van der Waals surface area (Å²) in [5.41, 5.74) is 5.16. The summed E-state index contributed by atoms with van der Waals surface area (Å²) < 4.78 is 16.0. The van der Waals surface area contributed by atoms with Crippen LogP contribution >= 0.6 is 0 Å².